The van der Waals surface area contributed by atoms with Crippen LogP contribution in [0.3, 0.4) is 0 Å². The fraction of sp³-hybridized carbons (Fsp3) is 0.318. The van der Waals surface area contributed by atoms with Gasteiger partial charge in [0.25, 0.3) is 5.91 Å². The van der Waals surface area contributed by atoms with Crippen molar-refractivity contribution >= 4 is 37.6 Å². The topological polar surface area (TPSA) is 119 Å². The molecule has 1 aliphatic heterocycles. The van der Waals surface area contributed by atoms with Gasteiger partial charge in [0.15, 0.2) is 9.84 Å². The number of nitrogens with zero attached hydrogens (tertiary/aromatic N) is 4. The summed E-state index contributed by atoms with van der Waals surface area (Å²) in [5, 5.41) is 15.9. The number of pyridine rings is 1. The molecule has 3 aromatic heterocycles. The maximum Gasteiger partial charge on any atom is 0.272 e. The normalized spacial score (nSPS) is 17.3. The smallest absolute Gasteiger partial charge is 0.272 e. The van der Waals surface area contributed by atoms with Crippen LogP contribution in [0, 0.1) is 0 Å². The van der Waals surface area contributed by atoms with Crippen molar-refractivity contribution in [3.05, 3.63) is 48.5 Å². The number of likely N-dealkylation sites (tertiary alicyclic amines) is 1. The lowest BCUT2D eigenvalue weighted by Gasteiger charge is -2.29. The van der Waals surface area contributed by atoms with Crippen LogP contribution in [-0.2, 0) is 15.7 Å². The van der Waals surface area contributed by atoms with E-state index in [1.807, 2.05) is 24.3 Å². The lowest BCUT2D eigenvalue weighted by atomic mass is 10.1. The molecule has 9 nitrogen and oxygen atoms in total. The highest BCUT2D eigenvalue weighted by molar-refractivity contribution is 7.89. The van der Waals surface area contributed by atoms with Gasteiger partial charge >= 0.3 is 0 Å². The van der Waals surface area contributed by atoms with Gasteiger partial charge in [0.2, 0.25) is 0 Å². The Morgan fingerprint density at radius 3 is 2.88 bits per heavy atom. The van der Waals surface area contributed by atoms with Crippen LogP contribution < -0.4 is 0 Å². The molecule has 1 unspecified atom stereocenters. The number of hydrogen-bond acceptors (Lipinski definition) is 7. The average molecular weight is 455 g/mol. The Kier molecular flexibility index (Phi) is 4.98. The van der Waals surface area contributed by atoms with E-state index in [-0.39, 0.29) is 24.0 Å². The van der Waals surface area contributed by atoms with E-state index in [1.165, 1.54) is 4.68 Å². The highest BCUT2D eigenvalue weighted by Crippen LogP contribution is 2.34. The van der Waals surface area contributed by atoms with Crippen molar-refractivity contribution in [2.45, 2.75) is 24.8 Å². The lowest BCUT2D eigenvalue weighted by molar-refractivity contribution is 0.0469. The molecular weight excluding hydrogens is 432 g/mol. The third-order valence-corrected chi connectivity index (χ3v) is 6.35. The summed E-state index contributed by atoms with van der Waals surface area (Å²) in [4.78, 5) is 18.9. The first kappa shape index (κ1) is 20.7. The van der Waals surface area contributed by atoms with Gasteiger partial charge in [0.1, 0.15) is 29.1 Å². The molecule has 4 heterocycles. The van der Waals surface area contributed by atoms with E-state index in [2.05, 4.69) is 10.1 Å². The van der Waals surface area contributed by atoms with E-state index >= 15 is 0 Å². The van der Waals surface area contributed by atoms with Gasteiger partial charge in [-0.2, -0.15) is 5.10 Å². The van der Waals surface area contributed by atoms with E-state index in [1.54, 1.807) is 23.4 Å². The molecule has 1 N–H and O–H groups in total. The Hall–Kier alpha value is -3.24. The number of β-amino-alcohol motifs (C(OH)–C–C–N with tert-alkyl or cyclic N) is 1. The molecule has 1 amide bonds. The van der Waals surface area contributed by atoms with Crippen molar-refractivity contribution in [1.82, 2.24) is 19.7 Å². The third-order valence-electron chi connectivity index (χ3n) is 5.63. The first-order valence-electron chi connectivity index (χ1n) is 10.3. The largest absolute Gasteiger partial charge is 0.464 e. The summed E-state index contributed by atoms with van der Waals surface area (Å²) in [5.41, 5.74) is 2.62. The van der Waals surface area contributed by atoms with E-state index in [9.17, 15) is 18.3 Å². The summed E-state index contributed by atoms with van der Waals surface area (Å²) in [6, 6.07) is 9.08. The van der Waals surface area contributed by atoms with E-state index in [0.29, 0.717) is 35.1 Å². The number of carbonyl (C=O) groups is 1. The van der Waals surface area contributed by atoms with Gasteiger partial charge in [-0.25, -0.2) is 13.1 Å². The number of benzene rings is 1. The van der Waals surface area contributed by atoms with E-state index < -0.39 is 15.9 Å². The van der Waals surface area contributed by atoms with Crippen LogP contribution in [0.15, 0.2) is 47.2 Å². The molecule has 1 fully saturated rings. The summed E-state index contributed by atoms with van der Waals surface area (Å²) in [5.74, 6) is -0.632. The minimum absolute atomic E-state index is 0.185. The molecule has 32 heavy (non-hydrogen) atoms. The van der Waals surface area contributed by atoms with E-state index in [4.69, 9.17) is 4.42 Å². The predicted molar refractivity (Wildman–Crippen MR) is 119 cm³/mol. The second-order valence-corrected chi connectivity index (χ2v) is 10.3. The zero-order chi connectivity index (χ0) is 22.5. The molecule has 0 saturated carbocycles. The minimum atomic E-state index is -3.40. The van der Waals surface area contributed by atoms with Crippen LogP contribution >= 0.6 is 0 Å². The molecule has 5 rings (SSSR count). The summed E-state index contributed by atoms with van der Waals surface area (Å²) < 4.78 is 31.1. The minimum Gasteiger partial charge on any atom is -0.464 e. The SMILES string of the molecule is CS(=O)(=O)Cn1nc(-c2coc3ccccc23)c2cnc(C(=O)N3CCCC(O)C3)cc21. The fourth-order valence-corrected chi connectivity index (χ4v) is 4.81. The Morgan fingerprint density at radius 2 is 2.09 bits per heavy atom. The van der Waals surface area contributed by atoms with Crippen LogP contribution in [0.1, 0.15) is 23.3 Å². The van der Waals surface area contributed by atoms with E-state index in [0.717, 1.165) is 23.6 Å². The lowest BCUT2D eigenvalue weighted by Crippen LogP contribution is -2.42. The van der Waals surface area contributed by atoms with Gasteiger partial charge in [-0.3, -0.25) is 9.78 Å². The zero-order valence-electron chi connectivity index (χ0n) is 17.4. The maximum absolute atomic E-state index is 13.0. The number of carbonyl (C=O) groups excluding carboxylic acids is 1. The van der Waals surface area contributed by atoms with Crippen molar-refractivity contribution in [3.63, 3.8) is 0 Å². The molecule has 1 aromatic carbocycles. The quantitative estimate of drug-likeness (QED) is 0.503. The molecule has 0 spiro atoms. The number of aliphatic hydroxyl groups excluding tert-OH is 1. The number of amides is 1. The van der Waals surface area contributed by atoms with Crippen LogP contribution in [0.2, 0.25) is 0 Å². The standard InChI is InChI=1S/C22H22N4O5S/c1-32(29,30)13-26-19-9-18(22(28)25-8-4-5-14(27)11-25)23-10-16(19)21(24-26)17-12-31-20-7-3-2-6-15(17)20/h2-3,6-7,9-10,12,14,27H,4-5,8,11,13H2,1H3. The highest BCUT2D eigenvalue weighted by atomic mass is 32.2. The molecule has 1 atom stereocenters. The predicted octanol–water partition coefficient (Wildman–Crippen LogP) is 2.44. The van der Waals surface area contributed by atoms with Crippen molar-refractivity contribution in [1.29, 1.82) is 0 Å². The number of hydrogen-bond donors (Lipinski definition) is 1. The van der Waals surface area contributed by atoms with Gasteiger partial charge in [-0.15, -0.1) is 0 Å². The number of piperidine rings is 1. The summed E-state index contributed by atoms with van der Waals surface area (Å²) in [7, 11) is -3.40. The molecular formula is C22H22N4O5S. The molecule has 0 bridgehead atoms. The van der Waals surface area contributed by atoms with Crippen molar-refractivity contribution in [2.24, 2.45) is 0 Å². The second-order valence-electron chi connectivity index (χ2n) is 8.18. The van der Waals surface area contributed by atoms with Crippen molar-refractivity contribution in [3.8, 4) is 11.3 Å². The molecule has 4 aromatic rings. The number of para-hydroxylation sites is 1. The molecule has 10 heteroatoms. The van der Waals surface area contributed by atoms with Crippen molar-refractivity contribution < 1.29 is 22.7 Å². The van der Waals surface area contributed by atoms with Gasteiger partial charge in [0.05, 0.1) is 11.6 Å². The Labute approximate surface area is 184 Å². The van der Waals surface area contributed by atoms with Crippen LogP contribution in [-0.4, -0.2) is 64.5 Å². The van der Waals surface area contributed by atoms with Crippen LogP contribution in [0.25, 0.3) is 33.1 Å². The third kappa shape index (κ3) is 3.76. The zero-order valence-corrected chi connectivity index (χ0v) is 18.2. The number of rotatable bonds is 4. The first-order valence-corrected chi connectivity index (χ1v) is 12.3. The number of fused-ring (bicyclic) bond motifs is 2. The maximum atomic E-state index is 13.0. The first-order chi connectivity index (χ1) is 15.3. The van der Waals surface area contributed by atoms with Gasteiger partial charge in [-0.1, -0.05) is 18.2 Å². The summed E-state index contributed by atoms with van der Waals surface area (Å²) >= 11 is 0. The van der Waals surface area contributed by atoms with Crippen LogP contribution in [0.5, 0.6) is 0 Å². The van der Waals surface area contributed by atoms with Gasteiger partial charge in [-0.05, 0) is 25.0 Å². The Bertz CT molecular complexity index is 1440. The monoisotopic (exact) mass is 454 g/mol. The fourth-order valence-electron chi connectivity index (χ4n) is 4.17. The average Bonchev–Trinajstić information content (AvgIpc) is 3.33. The molecule has 166 valence electrons. The molecule has 1 aliphatic rings. The van der Waals surface area contributed by atoms with Crippen LogP contribution in [0.4, 0.5) is 0 Å². The van der Waals surface area contributed by atoms with Gasteiger partial charge in [0, 0.05) is 41.9 Å². The number of furan rings is 1. The Morgan fingerprint density at radius 1 is 1.28 bits per heavy atom. The number of sulfone groups is 1. The molecule has 1 saturated heterocycles. The molecule has 0 aliphatic carbocycles. The highest BCUT2D eigenvalue weighted by Gasteiger charge is 2.26. The second kappa shape index (κ2) is 7.72. The molecule has 0 radical (unpaired) electrons. The number of aromatic nitrogens is 3. The van der Waals surface area contributed by atoms with Gasteiger partial charge < -0.3 is 14.4 Å². The number of aliphatic hydroxyl groups is 1. The summed E-state index contributed by atoms with van der Waals surface area (Å²) in [6.07, 6.45) is 5.11. The van der Waals surface area contributed by atoms with Crippen molar-refractivity contribution in [2.75, 3.05) is 19.3 Å². The Balaban J connectivity index is 1.64. The summed E-state index contributed by atoms with van der Waals surface area (Å²) in [6.45, 7) is 0.803.